The molecule has 3 rings (SSSR count). The Morgan fingerprint density at radius 3 is 2.54 bits per heavy atom. The van der Waals surface area contributed by atoms with E-state index < -0.39 is 15.9 Å². The first-order valence-electron chi connectivity index (χ1n) is 8.12. The molecular weight excluding hydrogens is 356 g/mol. The highest BCUT2D eigenvalue weighted by atomic mass is 32.2. The summed E-state index contributed by atoms with van der Waals surface area (Å²) < 4.78 is 30.4. The molecule has 4 N–H and O–H groups in total. The topological polar surface area (TPSA) is 127 Å². The maximum absolute atomic E-state index is 12.4. The van der Waals surface area contributed by atoms with Crippen molar-refractivity contribution in [2.45, 2.75) is 38.0 Å². The summed E-state index contributed by atoms with van der Waals surface area (Å²) in [5.74, 6) is 5.37. The minimum atomic E-state index is -3.77. The van der Waals surface area contributed by atoms with Crippen LogP contribution in [0.2, 0.25) is 0 Å². The van der Waals surface area contributed by atoms with E-state index in [1.165, 1.54) is 12.1 Å². The summed E-state index contributed by atoms with van der Waals surface area (Å²) in [5.41, 5.74) is 4.81. The molecule has 138 valence electrons. The third-order valence-electron chi connectivity index (χ3n) is 4.30. The second kappa shape index (κ2) is 6.93. The number of sulfonamides is 1. The number of nitrogens with two attached hydrogens (primary N) is 1. The molecule has 0 spiro atoms. The Hall–Kier alpha value is -2.65. The predicted molar refractivity (Wildman–Crippen MR) is 96.1 cm³/mol. The van der Waals surface area contributed by atoms with Crippen molar-refractivity contribution in [2.24, 2.45) is 10.9 Å². The lowest BCUT2D eigenvalue weighted by Gasteiger charge is -2.14. The molecule has 26 heavy (non-hydrogen) atoms. The summed E-state index contributed by atoms with van der Waals surface area (Å²) in [5, 5.41) is 4.11. The van der Waals surface area contributed by atoms with Crippen molar-refractivity contribution in [3.8, 4) is 0 Å². The molecule has 1 aliphatic rings. The fourth-order valence-corrected chi connectivity index (χ4v) is 3.78. The number of benzene rings is 1. The van der Waals surface area contributed by atoms with Crippen molar-refractivity contribution in [3.63, 3.8) is 0 Å². The van der Waals surface area contributed by atoms with E-state index in [4.69, 9.17) is 10.3 Å². The van der Waals surface area contributed by atoms with E-state index in [1.807, 2.05) is 12.3 Å². The molecule has 0 bridgehead atoms. The van der Waals surface area contributed by atoms with Gasteiger partial charge in [-0.2, -0.15) is 18.4 Å². The number of rotatable bonds is 4. The quantitative estimate of drug-likeness (QED) is 0.424. The van der Waals surface area contributed by atoms with Crippen LogP contribution in [0.1, 0.15) is 45.8 Å². The normalized spacial score (nSPS) is 15.6. The van der Waals surface area contributed by atoms with Crippen LogP contribution >= 0.6 is 0 Å². The van der Waals surface area contributed by atoms with Crippen LogP contribution in [0.15, 0.2) is 38.7 Å². The maximum atomic E-state index is 12.4. The summed E-state index contributed by atoms with van der Waals surface area (Å²) >= 11 is 0. The molecule has 1 amide bonds. The summed E-state index contributed by atoms with van der Waals surface area (Å²) in [6, 6.07) is 6.49. The third kappa shape index (κ3) is 3.35. The number of hydrazone groups is 1. The molecule has 0 radical (unpaired) electrons. The number of amides is 1. The van der Waals surface area contributed by atoms with Gasteiger partial charge < -0.3 is 4.42 Å². The van der Waals surface area contributed by atoms with Gasteiger partial charge in [-0.25, -0.2) is 5.84 Å². The number of carbonyl (C=O) groups is 1. The second-order valence-corrected chi connectivity index (χ2v) is 7.81. The largest absolute Gasteiger partial charge is 0.455 e. The van der Waals surface area contributed by atoms with Gasteiger partial charge in [0.1, 0.15) is 5.76 Å². The predicted octanol–water partition coefficient (Wildman–Crippen LogP) is 1.52. The highest BCUT2D eigenvalue weighted by molar-refractivity contribution is 7.89. The minimum absolute atomic E-state index is 0.119. The van der Waals surface area contributed by atoms with Gasteiger partial charge in [0.2, 0.25) is 0 Å². The van der Waals surface area contributed by atoms with Gasteiger partial charge in [0.05, 0.1) is 10.6 Å². The van der Waals surface area contributed by atoms with Crippen molar-refractivity contribution < 1.29 is 17.6 Å². The fraction of sp³-hybridized carbons (Fsp3) is 0.294. The molecular formula is C17H20N4O4S. The molecule has 1 aliphatic carbocycles. The average molecular weight is 376 g/mol. The van der Waals surface area contributed by atoms with E-state index in [-0.39, 0.29) is 10.7 Å². The molecule has 1 heterocycles. The molecule has 2 aromatic rings. The Kier molecular flexibility index (Phi) is 4.84. The van der Waals surface area contributed by atoms with Crippen molar-refractivity contribution in [1.29, 1.82) is 0 Å². The monoisotopic (exact) mass is 376 g/mol. The molecule has 9 heteroatoms. The molecule has 1 aromatic carbocycles. The third-order valence-corrected chi connectivity index (χ3v) is 5.52. The standard InChI is InChI=1S/C17H20N4O4S/c1-10-6-8-12(9-7-10)26(23,24)21-20-13-4-3-5-14-15(13)11(2)16(25-14)17(22)19-18/h6-9,21H,3-5,18H2,1-2H3,(H,19,22)/b20-13+. The summed E-state index contributed by atoms with van der Waals surface area (Å²) in [6.45, 7) is 3.60. The highest BCUT2D eigenvalue weighted by Gasteiger charge is 2.28. The summed E-state index contributed by atoms with van der Waals surface area (Å²) in [4.78, 5) is 14.2. The molecule has 0 aliphatic heterocycles. The van der Waals surface area contributed by atoms with Crippen molar-refractivity contribution in [1.82, 2.24) is 10.3 Å². The van der Waals surface area contributed by atoms with Gasteiger partial charge in [-0.1, -0.05) is 17.7 Å². The van der Waals surface area contributed by atoms with Crippen LogP contribution < -0.4 is 16.1 Å². The minimum Gasteiger partial charge on any atom is -0.455 e. The molecule has 0 saturated heterocycles. The highest BCUT2D eigenvalue weighted by Crippen LogP contribution is 2.29. The first-order valence-corrected chi connectivity index (χ1v) is 9.60. The lowest BCUT2D eigenvalue weighted by Crippen LogP contribution is -2.30. The van der Waals surface area contributed by atoms with Gasteiger partial charge in [-0.15, -0.1) is 0 Å². The summed E-state index contributed by atoms with van der Waals surface area (Å²) in [6.07, 6.45) is 1.97. The second-order valence-electron chi connectivity index (χ2n) is 6.15. The van der Waals surface area contributed by atoms with E-state index in [2.05, 4.69) is 9.93 Å². The van der Waals surface area contributed by atoms with Crippen LogP contribution in [0.3, 0.4) is 0 Å². The zero-order chi connectivity index (χ0) is 18.9. The summed E-state index contributed by atoms with van der Waals surface area (Å²) in [7, 11) is -3.77. The first-order chi connectivity index (χ1) is 12.3. The zero-order valence-corrected chi connectivity index (χ0v) is 15.3. The van der Waals surface area contributed by atoms with Crippen LogP contribution in [0.4, 0.5) is 0 Å². The van der Waals surface area contributed by atoms with Crippen LogP contribution in [0.5, 0.6) is 0 Å². The van der Waals surface area contributed by atoms with Crippen LogP contribution in [-0.4, -0.2) is 20.0 Å². The van der Waals surface area contributed by atoms with Crippen molar-refractivity contribution in [2.75, 3.05) is 0 Å². The number of carbonyl (C=O) groups excluding carboxylic acids is 1. The van der Waals surface area contributed by atoms with Crippen LogP contribution in [0, 0.1) is 13.8 Å². The van der Waals surface area contributed by atoms with Gasteiger partial charge in [0.25, 0.3) is 10.0 Å². The number of hydrazine groups is 1. The number of fused-ring (bicyclic) bond motifs is 1. The Bertz CT molecular complexity index is 975. The number of aryl methyl sites for hydroxylation is 2. The molecule has 0 atom stereocenters. The van der Waals surface area contributed by atoms with Crippen LogP contribution in [-0.2, 0) is 16.4 Å². The number of nitrogens with zero attached hydrogens (tertiary/aromatic N) is 1. The van der Waals surface area contributed by atoms with E-state index in [1.54, 1.807) is 19.1 Å². The first kappa shape index (κ1) is 18.2. The van der Waals surface area contributed by atoms with E-state index in [9.17, 15) is 13.2 Å². The number of nitrogens with one attached hydrogen (secondary N) is 2. The molecule has 1 aromatic heterocycles. The SMILES string of the molecule is Cc1ccc(S(=O)(=O)N/N=C2\CCCc3oc(C(=O)NN)c(C)c32)cc1. The lowest BCUT2D eigenvalue weighted by molar-refractivity contribution is 0.0923. The number of hydrogen-bond acceptors (Lipinski definition) is 6. The Morgan fingerprint density at radius 2 is 1.88 bits per heavy atom. The van der Waals surface area contributed by atoms with Gasteiger partial charge in [0.15, 0.2) is 5.76 Å². The van der Waals surface area contributed by atoms with E-state index in [0.29, 0.717) is 35.4 Å². The lowest BCUT2D eigenvalue weighted by atomic mass is 9.93. The Labute approximate surface area is 151 Å². The molecule has 8 nitrogen and oxygen atoms in total. The van der Waals surface area contributed by atoms with Crippen LogP contribution in [0.25, 0.3) is 0 Å². The molecule has 0 fully saturated rings. The smallest absolute Gasteiger partial charge is 0.301 e. The van der Waals surface area contributed by atoms with Gasteiger partial charge in [-0.3, -0.25) is 10.2 Å². The van der Waals surface area contributed by atoms with E-state index in [0.717, 1.165) is 12.0 Å². The Morgan fingerprint density at radius 1 is 1.19 bits per heavy atom. The average Bonchev–Trinajstić information content (AvgIpc) is 2.97. The number of nitrogen functional groups attached to an aromatic ring is 1. The number of hydrogen-bond donors (Lipinski definition) is 3. The van der Waals surface area contributed by atoms with Crippen molar-refractivity contribution in [3.05, 3.63) is 52.5 Å². The zero-order valence-electron chi connectivity index (χ0n) is 14.5. The van der Waals surface area contributed by atoms with Gasteiger partial charge in [0, 0.05) is 17.5 Å². The number of furan rings is 1. The van der Waals surface area contributed by atoms with Crippen molar-refractivity contribution >= 4 is 21.6 Å². The Balaban J connectivity index is 1.93. The van der Waals surface area contributed by atoms with Gasteiger partial charge >= 0.3 is 5.91 Å². The maximum Gasteiger partial charge on any atom is 0.301 e. The fourth-order valence-electron chi connectivity index (χ4n) is 2.95. The molecule has 0 saturated carbocycles. The van der Waals surface area contributed by atoms with E-state index >= 15 is 0 Å². The molecule has 0 unspecified atom stereocenters. The van der Waals surface area contributed by atoms with Gasteiger partial charge in [-0.05, 0) is 38.8 Å².